The molecule has 0 aromatic carbocycles. The molecular formula is C9H12BrNO2S. The smallest absolute Gasteiger partial charge is 0.126 e. The van der Waals surface area contributed by atoms with Crippen LogP contribution < -0.4 is 0 Å². The van der Waals surface area contributed by atoms with E-state index in [1.54, 1.807) is 0 Å². The third-order valence-corrected chi connectivity index (χ3v) is 4.41. The van der Waals surface area contributed by atoms with Crippen LogP contribution in [0.15, 0.2) is 9.98 Å². The first-order chi connectivity index (χ1) is 6.60. The Morgan fingerprint density at radius 3 is 3.07 bits per heavy atom. The molecule has 2 atom stereocenters. The van der Waals surface area contributed by atoms with Crippen molar-refractivity contribution in [3.8, 4) is 0 Å². The minimum atomic E-state index is -0.854. The minimum absolute atomic E-state index is 0.167. The Labute approximate surface area is 95.3 Å². The van der Waals surface area contributed by atoms with Crippen LogP contribution in [0.3, 0.4) is 0 Å². The Morgan fingerprint density at radius 1 is 1.79 bits per heavy atom. The molecule has 78 valence electrons. The molecule has 2 unspecified atom stereocenters. The number of aliphatic hydroxyl groups is 1. The molecule has 2 heterocycles. The molecule has 2 rings (SSSR count). The van der Waals surface area contributed by atoms with Gasteiger partial charge in [-0.05, 0) is 29.3 Å². The number of hydrogen-bond acceptors (Lipinski definition) is 4. The van der Waals surface area contributed by atoms with Crippen molar-refractivity contribution in [3.63, 3.8) is 0 Å². The molecule has 1 aromatic rings. The van der Waals surface area contributed by atoms with Gasteiger partial charge in [-0.25, -0.2) is 4.98 Å². The maximum Gasteiger partial charge on any atom is 0.126 e. The second kappa shape index (κ2) is 3.89. The summed E-state index contributed by atoms with van der Waals surface area (Å²) in [5.74, 6) is 0.167. The Bertz CT molecular complexity index is 320. The minimum Gasteiger partial charge on any atom is -0.383 e. The highest BCUT2D eigenvalue weighted by Crippen LogP contribution is 2.36. The second-order valence-electron chi connectivity index (χ2n) is 3.68. The summed E-state index contributed by atoms with van der Waals surface area (Å²) in [5, 5.41) is 13.0. The van der Waals surface area contributed by atoms with Gasteiger partial charge in [0.15, 0.2) is 0 Å². The average molecular weight is 278 g/mol. The molecule has 0 spiro atoms. The van der Waals surface area contributed by atoms with E-state index in [2.05, 4.69) is 20.9 Å². The summed E-state index contributed by atoms with van der Waals surface area (Å²) in [7, 11) is 0. The Balaban J connectivity index is 2.22. The predicted molar refractivity (Wildman–Crippen MR) is 58.3 cm³/mol. The molecule has 0 bridgehead atoms. The lowest BCUT2D eigenvalue weighted by Crippen LogP contribution is -2.32. The summed E-state index contributed by atoms with van der Waals surface area (Å²) in [5.41, 5.74) is -0.854. The van der Waals surface area contributed by atoms with Crippen LogP contribution in [-0.4, -0.2) is 23.3 Å². The summed E-state index contributed by atoms with van der Waals surface area (Å²) < 4.78 is 6.07. The molecule has 5 heteroatoms. The van der Waals surface area contributed by atoms with E-state index in [4.69, 9.17) is 4.74 Å². The van der Waals surface area contributed by atoms with Gasteiger partial charge in [-0.3, -0.25) is 0 Å². The van der Waals surface area contributed by atoms with E-state index in [1.807, 2.05) is 12.3 Å². The van der Waals surface area contributed by atoms with Crippen LogP contribution in [0.1, 0.15) is 18.4 Å². The Morgan fingerprint density at radius 2 is 2.57 bits per heavy atom. The first-order valence-electron chi connectivity index (χ1n) is 4.52. The molecule has 0 saturated carbocycles. The fraction of sp³-hybridized carbons (Fsp3) is 0.667. The molecule has 1 aliphatic rings. The van der Waals surface area contributed by atoms with Gasteiger partial charge in [0.2, 0.25) is 0 Å². The number of rotatable bonds is 2. The number of halogens is 1. The monoisotopic (exact) mass is 277 g/mol. The van der Waals surface area contributed by atoms with Crippen LogP contribution >= 0.6 is 27.3 Å². The van der Waals surface area contributed by atoms with Gasteiger partial charge in [-0.15, -0.1) is 11.3 Å². The fourth-order valence-electron chi connectivity index (χ4n) is 1.64. The largest absolute Gasteiger partial charge is 0.383 e. The van der Waals surface area contributed by atoms with E-state index in [1.165, 1.54) is 11.3 Å². The van der Waals surface area contributed by atoms with Gasteiger partial charge < -0.3 is 9.84 Å². The highest BCUT2D eigenvalue weighted by molar-refractivity contribution is 9.10. The number of thiazole rings is 1. The molecule has 0 radical (unpaired) electrons. The zero-order valence-corrected chi connectivity index (χ0v) is 10.3. The number of aromatic nitrogens is 1. The van der Waals surface area contributed by atoms with E-state index in [-0.39, 0.29) is 5.92 Å². The van der Waals surface area contributed by atoms with Crippen LogP contribution in [0.2, 0.25) is 0 Å². The maximum absolute atomic E-state index is 10.3. The average Bonchev–Trinajstić information content (AvgIpc) is 2.72. The van der Waals surface area contributed by atoms with Crippen LogP contribution in [0.25, 0.3) is 0 Å². The summed E-state index contributed by atoms with van der Waals surface area (Å²) in [6.45, 7) is 3.19. The molecular weight excluding hydrogens is 266 g/mol. The Kier molecular flexibility index (Phi) is 2.93. The highest BCUT2D eigenvalue weighted by Gasteiger charge is 2.38. The molecule has 1 N–H and O–H groups in total. The molecule has 0 amide bonds. The third kappa shape index (κ3) is 1.86. The summed E-state index contributed by atoms with van der Waals surface area (Å²) in [6.07, 6.45) is 0.907. The van der Waals surface area contributed by atoms with Crippen molar-refractivity contribution < 1.29 is 9.84 Å². The van der Waals surface area contributed by atoms with Crippen molar-refractivity contribution in [1.29, 1.82) is 0 Å². The summed E-state index contributed by atoms with van der Waals surface area (Å²) in [6, 6.07) is 0. The van der Waals surface area contributed by atoms with E-state index >= 15 is 0 Å². The van der Waals surface area contributed by atoms with Gasteiger partial charge in [-0.2, -0.15) is 0 Å². The zero-order valence-electron chi connectivity index (χ0n) is 7.86. The third-order valence-electron chi connectivity index (χ3n) is 2.63. The normalized spacial score (nSPS) is 26.4. The van der Waals surface area contributed by atoms with Gasteiger partial charge in [0.05, 0.1) is 6.61 Å². The molecule has 1 saturated heterocycles. The predicted octanol–water partition coefficient (Wildman–Crippen LogP) is 2.15. The summed E-state index contributed by atoms with van der Waals surface area (Å²) in [4.78, 5) is 4.26. The van der Waals surface area contributed by atoms with Crippen molar-refractivity contribution in [1.82, 2.24) is 4.98 Å². The van der Waals surface area contributed by atoms with Gasteiger partial charge in [0.25, 0.3) is 0 Å². The fourth-order valence-corrected chi connectivity index (χ4v) is 3.03. The van der Waals surface area contributed by atoms with Crippen LogP contribution in [-0.2, 0) is 10.3 Å². The van der Waals surface area contributed by atoms with Crippen LogP contribution in [0, 0.1) is 5.92 Å². The second-order valence-corrected chi connectivity index (χ2v) is 5.35. The summed E-state index contributed by atoms with van der Waals surface area (Å²) >= 11 is 4.77. The van der Waals surface area contributed by atoms with Crippen molar-refractivity contribution in [3.05, 3.63) is 15.0 Å². The van der Waals surface area contributed by atoms with E-state index < -0.39 is 5.60 Å². The first-order valence-corrected chi connectivity index (χ1v) is 6.19. The zero-order chi connectivity index (χ0) is 10.2. The SMILES string of the molecule is CC(O)(c1nc(Br)cs1)C1CCOC1. The lowest BCUT2D eigenvalue weighted by Gasteiger charge is -2.26. The molecule has 0 aliphatic carbocycles. The Hall–Kier alpha value is 0.0300. The van der Waals surface area contributed by atoms with Crippen molar-refractivity contribution in [2.75, 3.05) is 13.2 Å². The van der Waals surface area contributed by atoms with Crippen molar-refractivity contribution in [2.45, 2.75) is 18.9 Å². The van der Waals surface area contributed by atoms with Crippen molar-refractivity contribution in [2.24, 2.45) is 5.92 Å². The van der Waals surface area contributed by atoms with Crippen LogP contribution in [0.5, 0.6) is 0 Å². The molecule has 1 fully saturated rings. The topological polar surface area (TPSA) is 42.4 Å². The number of ether oxygens (including phenoxy) is 1. The molecule has 14 heavy (non-hydrogen) atoms. The maximum atomic E-state index is 10.3. The molecule has 1 aromatic heterocycles. The molecule has 3 nitrogen and oxygen atoms in total. The van der Waals surface area contributed by atoms with Gasteiger partial charge in [-0.1, -0.05) is 0 Å². The van der Waals surface area contributed by atoms with Gasteiger partial charge in [0, 0.05) is 17.9 Å². The number of hydrogen-bond donors (Lipinski definition) is 1. The van der Waals surface area contributed by atoms with Crippen LogP contribution in [0.4, 0.5) is 0 Å². The lowest BCUT2D eigenvalue weighted by atomic mass is 9.89. The quantitative estimate of drug-likeness (QED) is 0.901. The van der Waals surface area contributed by atoms with E-state index in [0.717, 1.165) is 22.6 Å². The number of nitrogens with zero attached hydrogens (tertiary/aromatic N) is 1. The van der Waals surface area contributed by atoms with Gasteiger partial charge in [0.1, 0.15) is 15.2 Å². The first kappa shape index (κ1) is 10.5. The van der Waals surface area contributed by atoms with Crippen molar-refractivity contribution >= 4 is 27.3 Å². The van der Waals surface area contributed by atoms with Gasteiger partial charge >= 0.3 is 0 Å². The highest BCUT2D eigenvalue weighted by atomic mass is 79.9. The van der Waals surface area contributed by atoms with E-state index in [0.29, 0.717) is 6.61 Å². The standard InChI is InChI=1S/C9H12BrNO2S/c1-9(12,6-2-3-13-4-6)8-11-7(10)5-14-8/h5-6,12H,2-4H2,1H3. The van der Waals surface area contributed by atoms with E-state index in [9.17, 15) is 5.11 Å². The molecule has 1 aliphatic heterocycles. The lowest BCUT2D eigenvalue weighted by molar-refractivity contribution is -0.00995.